The molecule has 4 N–H and O–H groups in total. The molecule has 0 aromatic heterocycles. The second-order valence-corrected chi connectivity index (χ2v) is 5.66. The van der Waals surface area contributed by atoms with Crippen LogP contribution in [0.1, 0.15) is 20.8 Å². The quantitative estimate of drug-likeness (QED) is 0.651. The van der Waals surface area contributed by atoms with Crippen molar-refractivity contribution in [1.82, 2.24) is 4.90 Å². The number of halogens is 3. The number of carbonyl (C=O) groups excluding carboxylic acids is 1. The van der Waals surface area contributed by atoms with Gasteiger partial charge in [0.05, 0.1) is 12.1 Å². The zero-order chi connectivity index (χ0) is 17.1. The number of aliphatic hydroxyl groups excluding tert-OH is 1. The molecule has 1 heterocycles. The van der Waals surface area contributed by atoms with Gasteiger partial charge in [0, 0.05) is 13.1 Å². The fourth-order valence-electron chi connectivity index (χ4n) is 1.27. The number of likely N-dealkylation sites (tertiary alicyclic amines) is 1. The lowest BCUT2D eigenvalue weighted by Crippen LogP contribution is -2.70. The predicted molar refractivity (Wildman–Crippen MR) is 65.5 cm³/mol. The second-order valence-electron chi connectivity index (χ2n) is 5.66. The highest BCUT2D eigenvalue weighted by Crippen LogP contribution is 2.20. The van der Waals surface area contributed by atoms with Crippen molar-refractivity contribution in [2.75, 3.05) is 19.7 Å². The molecular weight excluding hydrogens is 297 g/mol. The first-order valence-corrected chi connectivity index (χ1v) is 5.88. The molecule has 0 aromatic rings. The van der Waals surface area contributed by atoms with Crippen molar-refractivity contribution >= 4 is 12.1 Å². The number of hydrogen-bond donors (Lipinski definition) is 3. The molecule has 10 heteroatoms. The van der Waals surface area contributed by atoms with Gasteiger partial charge in [0.25, 0.3) is 0 Å². The minimum atomic E-state index is -5.08. The van der Waals surface area contributed by atoms with Gasteiger partial charge in [-0.05, 0) is 20.8 Å². The van der Waals surface area contributed by atoms with Gasteiger partial charge in [-0.25, -0.2) is 9.59 Å². The van der Waals surface area contributed by atoms with Crippen LogP contribution in [-0.2, 0) is 9.53 Å². The van der Waals surface area contributed by atoms with E-state index in [4.69, 9.17) is 25.5 Å². The average molecular weight is 316 g/mol. The summed E-state index contributed by atoms with van der Waals surface area (Å²) in [5.41, 5.74) is 4.58. The van der Waals surface area contributed by atoms with Crippen molar-refractivity contribution in [3.8, 4) is 0 Å². The largest absolute Gasteiger partial charge is 0.490 e. The van der Waals surface area contributed by atoms with Crippen LogP contribution < -0.4 is 5.73 Å². The van der Waals surface area contributed by atoms with Gasteiger partial charge in [0.2, 0.25) is 0 Å². The Bertz CT molecular complexity index is 386. The molecule has 0 unspecified atom stereocenters. The summed E-state index contributed by atoms with van der Waals surface area (Å²) in [4.78, 5) is 21.8. The van der Waals surface area contributed by atoms with Crippen LogP contribution in [0.15, 0.2) is 0 Å². The smallest absolute Gasteiger partial charge is 0.475 e. The highest BCUT2D eigenvalue weighted by Gasteiger charge is 2.43. The van der Waals surface area contributed by atoms with Gasteiger partial charge in [-0.15, -0.1) is 0 Å². The van der Waals surface area contributed by atoms with E-state index < -0.39 is 23.3 Å². The van der Waals surface area contributed by atoms with E-state index in [1.807, 2.05) is 20.8 Å². The fraction of sp³-hybridized carbons (Fsp3) is 0.818. The third kappa shape index (κ3) is 7.14. The Kier molecular flexibility index (Phi) is 6.00. The van der Waals surface area contributed by atoms with Gasteiger partial charge < -0.3 is 25.6 Å². The summed E-state index contributed by atoms with van der Waals surface area (Å²) in [5, 5.41) is 16.0. The number of ether oxygens (including phenoxy) is 1. The van der Waals surface area contributed by atoms with Crippen molar-refractivity contribution in [3.05, 3.63) is 0 Å². The first kappa shape index (κ1) is 19.4. The molecular formula is C11H19F3N2O5. The Morgan fingerprint density at radius 2 is 1.67 bits per heavy atom. The number of carboxylic acids is 1. The molecule has 7 nitrogen and oxygen atoms in total. The Morgan fingerprint density at radius 1 is 1.29 bits per heavy atom. The highest BCUT2D eigenvalue weighted by molar-refractivity contribution is 5.73. The standard InChI is InChI=1S/C9H18N2O3.C2HF3O2/c1-8(2,3)14-7(13)11-4-9(10,5-11)6-12;3-2(4,5)1(6)7/h12H,4-6,10H2,1-3H3;(H,6,7). The lowest BCUT2D eigenvalue weighted by Gasteiger charge is -2.46. The molecule has 1 aliphatic heterocycles. The van der Waals surface area contributed by atoms with E-state index in [2.05, 4.69) is 0 Å². The van der Waals surface area contributed by atoms with Crippen LogP contribution in [0.2, 0.25) is 0 Å². The number of aliphatic carboxylic acids is 1. The Labute approximate surface area is 119 Å². The van der Waals surface area contributed by atoms with Crippen LogP contribution in [0.25, 0.3) is 0 Å². The lowest BCUT2D eigenvalue weighted by molar-refractivity contribution is -0.192. The number of nitrogens with two attached hydrogens (primary N) is 1. The monoisotopic (exact) mass is 316 g/mol. The first-order chi connectivity index (χ1) is 9.20. The molecule has 1 rings (SSSR count). The molecule has 21 heavy (non-hydrogen) atoms. The second kappa shape index (κ2) is 6.48. The van der Waals surface area contributed by atoms with E-state index in [-0.39, 0.29) is 12.7 Å². The van der Waals surface area contributed by atoms with E-state index in [1.54, 1.807) is 0 Å². The van der Waals surface area contributed by atoms with Gasteiger partial charge in [-0.3, -0.25) is 0 Å². The third-order valence-electron chi connectivity index (χ3n) is 2.22. The summed E-state index contributed by atoms with van der Waals surface area (Å²) in [5.74, 6) is -2.76. The predicted octanol–water partition coefficient (Wildman–Crippen LogP) is 0.560. The van der Waals surface area contributed by atoms with Crippen molar-refractivity contribution in [2.45, 2.75) is 38.1 Å². The molecule has 0 saturated carbocycles. The van der Waals surface area contributed by atoms with Gasteiger partial charge in [0.15, 0.2) is 0 Å². The lowest BCUT2D eigenvalue weighted by atomic mass is 9.93. The van der Waals surface area contributed by atoms with Crippen LogP contribution in [-0.4, -0.2) is 64.2 Å². The van der Waals surface area contributed by atoms with Gasteiger partial charge in [0.1, 0.15) is 5.60 Å². The summed E-state index contributed by atoms with van der Waals surface area (Å²) in [6, 6.07) is 0. The van der Waals surface area contributed by atoms with Crippen LogP contribution >= 0.6 is 0 Å². The highest BCUT2D eigenvalue weighted by atomic mass is 19.4. The summed E-state index contributed by atoms with van der Waals surface area (Å²) in [7, 11) is 0. The molecule has 1 aliphatic rings. The van der Waals surface area contributed by atoms with Crippen LogP contribution in [0.4, 0.5) is 18.0 Å². The Morgan fingerprint density at radius 3 is 1.90 bits per heavy atom. The van der Waals surface area contributed by atoms with Gasteiger partial charge >= 0.3 is 18.2 Å². The summed E-state index contributed by atoms with van der Waals surface area (Å²) < 4.78 is 36.9. The first-order valence-electron chi connectivity index (χ1n) is 5.88. The van der Waals surface area contributed by atoms with Crippen LogP contribution in [0, 0.1) is 0 Å². The topological polar surface area (TPSA) is 113 Å². The number of carbonyl (C=O) groups is 2. The number of carboxylic acid groups (broad SMARTS) is 1. The molecule has 0 atom stereocenters. The third-order valence-corrected chi connectivity index (χ3v) is 2.22. The number of amides is 1. The van der Waals surface area contributed by atoms with Crippen molar-refractivity contribution in [2.24, 2.45) is 5.73 Å². The Hall–Kier alpha value is -1.55. The molecule has 0 aliphatic carbocycles. The average Bonchev–Trinajstić information content (AvgIpc) is 2.21. The Balaban J connectivity index is 0.000000486. The molecule has 0 bridgehead atoms. The van der Waals surface area contributed by atoms with E-state index in [0.717, 1.165) is 0 Å². The molecule has 1 fully saturated rings. The maximum atomic E-state index is 11.4. The maximum absolute atomic E-state index is 11.4. The molecule has 124 valence electrons. The number of alkyl halides is 3. The van der Waals surface area contributed by atoms with E-state index in [0.29, 0.717) is 13.1 Å². The number of rotatable bonds is 1. The molecule has 0 spiro atoms. The van der Waals surface area contributed by atoms with E-state index in [9.17, 15) is 18.0 Å². The van der Waals surface area contributed by atoms with Crippen molar-refractivity contribution < 1.29 is 37.7 Å². The molecule has 1 saturated heterocycles. The van der Waals surface area contributed by atoms with Crippen molar-refractivity contribution in [1.29, 1.82) is 0 Å². The maximum Gasteiger partial charge on any atom is 0.490 e. The zero-order valence-corrected chi connectivity index (χ0v) is 11.9. The minimum absolute atomic E-state index is 0.105. The van der Waals surface area contributed by atoms with Gasteiger partial charge in [-0.1, -0.05) is 0 Å². The summed E-state index contributed by atoms with van der Waals surface area (Å²) in [6.45, 7) is 6.05. The molecule has 0 aromatic carbocycles. The molecule has 0 radical (unpaired) electrons. The molecule has 1 amide bonds. The van der Waals surface area contributed by atoms with E-state index in [1.165, 1.54) is 4.90 Å². The van der Waals surface area contributed by atoms with Crippen LogP contribution in [0.5, 0.6) is 0 Å². The zero-order valence-electron chi connectivity index (χ0n) is 11.9. The van der Waals surface area contributed by atoms with Gasteiger partial charge in [-0.2, -0.15) is 13.2 Å². The number of nitrogens with zero attached hydrogens (tertiary/aromatic N) is 1. The number of hydrogen-bond acceptors (Lipinski definition) is 5. The van der Waals surface area contributed by atoms with Crippen LogP contribution in [0.3, 0.4) is 0 Å². The minimum Gasteiger partial charge on any atom is -0.475 e. The summed E-state index contributed by atoms with van der Waals surface area (Å²) >= 11 is 0. The number of aliphatic hydroxyl groups is 1. The van der Waals surface area contributed by atoms with Crippen molar-refractivity contribution in [3.63, 3.8) is 0 Å². The van der Waals surface area contributed by atoms with E-state index >= 15 is 0 Å². The normalized spacial score (nSPS) is 17.2. The fourth-order valence-corrected chi connectivity index (χ4v) is 1.27. The SMILES string of the molecule is CC(C)(C)OC(=O)N1CC(N)(CO)C1.O=C(O)C(F)(F)F. The summed E-state index contributed by atoms with van der Waals surface area (Å²) in [6.07, 6.45) is -5.45.